The number of ketones is 1. The number of fused-ring (bicyclic) bond motifs is 1. The van der Waals surface area contributed by atoms with Crippen LogP contribution < -0.4 is 5.56 Å². The van der Waals surface area contributed by atoms with Gasteiger partial charge in [-0.3, -0.25) is 9.59 Å². The Kier molecular flexibility index (Phi) is 4.53. The maximum Gasteiger partial charge on any atom is 0.261 e. The molecule has 1 aromatic rings. The molecule has 0 atom stereocenters. The van der Waals surface area contributed by atoms with Crippen molar-refractivity contribution in [2.24, 2.45) is 0 Å². The molecule has 0 N–H and O–H groups in total. The smallest absolute Gasteiger partial charge is 0.261 e. The maximum absolute atomic E-state index is 12.4. The highest BCUT2D eigenvalue weighted by molar-refractivity contribution is 5.93. The average Bonchev–Trinajstić information content (AvgIpc) is 2.40. The van der Waals surface area contributed by atoms with Gasteiger partial charge >= 0.3 is 0 Å². The first kappa shape index (κ1) is 14.0. The van der Waals surface area contributed by atoms with Crippen LogP contribution in [0.4, 0.5) is 0 Å². The molecule has 0 spiro atoms. The zero-order valence-electron chi connectivity index (χ0n) is 11.7. The number of Topliss-reactive ketones (excluding diaryl/α,β-unsaturated/α-hetero) is 1. The molecule has 0 unspecified atom stereocenters. The molecule has 0 saturated heterocycles. The quantitative estimate of drug-likeness (QED) is 0.603. The molecular formula is C15H21NO3. The Morgan fingerprint density at radius 2 is 2.11 bits per heavy atom. The third-order valence-electron chi connectivity index (χ3n) is 3.71. The first-order valence-corrected chi connectivity index (χ1v) is 6.90. The highest BCUT2D eigenvalue weighted by Crippen LogP contribution is 2.21. The van der Waals surface area contributed by atoms with Crippen LogP contribution in [0.1, 0.15) is 47.8 Å². The molecule has 19 heavy (non-hydrogen) atoms. The number of methoxy groups -OCH3 is 1. The zero-order chi connectivity index (χ0) is 13.8. The van der Waals surface area contributed by atoms with Crippen LogP contribution in [0.25, 0.3) is 0 Å². The fraction of sp³-hybridized carbons (Fsp3) is 0.600. The normalized spacial score (nSPS) is 14.2. The van der Waals surface area contributed by atoms with E-state index >= 15 is 0 Å². The van der Waals surface area contributed by atoms with E-state index in [1.807, 2.05) is 6.07 Å². The Bertz CT molecular complexity index is 531. The van der Waals surface area contributed by atoms with Gasteiger partial charge in [0.1, 0.15) is 0 Å². The third kappa shape index (κ3) is 2.95. The first-order chi connectivity index (χ1) is 9.15. The van der Waals surface area contributed by atoms with Gasteiger partial charge in [0.05, 0.1) is 5.56 Å². The van der Waals surface area contributed by atoms with Gasteiger partial charge in [-0.05, 0) is 50.7 Å². The van der Waals surface area contributed by atoms with Gasteiger partial charge in [-0.25, -0.2) is 0 Å². The zero-order valence-corrected chi connectivity index (χ0v) is 11.7. The van der Waals surface area contributed by atoms with Gasteiger partial charge in [0.25, 0.3) is 5.56 Å². The summed E-state index contributed by atoms with van der Waals surface area (Å²) in [6.45, 7) is 2.73. The average molecular weight is 263 g/mol. The number of nitrogens with zero attached hydrogens (tertiary/aromatic N) is 1. The van der Waals surface area contributed by atoms with Crippen molar-refractivity contribution in [3.63, 3.8) is 0 Å². The van der Waals surface area contributed by atoms with Gasteiger partial charge in [-0.15, -0.1) is 0 Å². The van der Waals surface area contributed by atoms with Crippen LogP contribution in [-0.4, -0.2) is 24.1 Å². The summed E-state index contributed by atoms with van der Waals surface area (Å²) in [5.41, 5.74) is 2.49. The van der Waals surface area contributed by atoms with Gasteiger partial charge in [-0.2, -0.15) is 0 Å². The standard InChI is InChI=1S/C15H21NO3/c1-11(17)13-10-12-6-3-4-7-14(12)16(15(13)18)8-5-9-19-2/h10H,3-9H2,1-2H3. The summed E-state index contributed by atoms with van der Waals surface area (Å²) in [6.07, 6.45) is 4.97. The molecule has 0 bridgehead atoms. The fourth-order valence-electron chi connectivity index (χ4n) is 2.74. The number of hydrogen-bond donors (Lipinski definition) is 0. The molecule has 0 aliphatic heterocycles. The molecule has 0 radical (unpaired) electrons. The molecule has 0 aromatic carbocycles. The molecule has 1 aliphatic carbocycles. The second-order valence-corrected chi connectivity index (χ2v) is 5.10. The molecule has 104 valence electrons. The van der Waals surface area contributed by atoms with Gasteiger partial charge in [0.2, 0.25) is 0 Å². The largest absolute Gasteiger partial charge is 0.385 e. The lowest BCUT2D eigenvalue weighted by Crippen LogP contribution is -2.31. The number of aryl methyl sites for hydroxylation is 1. The van der Waals surface area contributed by atoms with Crippen molar-refractivity contribution in [1.82, 2.24) is 4.57 Å². The predicted octanol–water partition coefficient (Wildman–Crippen LogP) is 1.97. The molecule has 1 heterocycles. The van der Waals surface area contributed by atoms with Crippen molar-refractivity contribution >= 4 is 5.78 Å². The SMILES string of the molecule is COCCCn1c2c(cc(C(C)=O)c1=O)CCCC2. The molecule has 1 aromatic heterocycles. The van der Waals surface area contributed by atoms with Crippen molar-refractivity contribution in [2.45, 2.75) is 45.6 Å². The van der Waals surface area contributed by atoms with Crippen molar-refractivity contribution in [3.8, 4) is 0 Å². The van der Waals surface area contributed by atoms with E-state index in [4.69, 9.17) is 4.74 Å². The topological polar surface area (TPSA) is 48.3 Å². The Labute approximate surface area is 113 Å². The summed E-state index contributed by atoms with van der Waals surface area (Å²) >= 11 is 0. The second-order valence-electron chi connectivity index (χ2n) is 5.10. The second kappa shape index (κ2) is 6.15. The van der Waals surface area contributed by atoms with Crippen LogP contribution >= 0.6 is 0 Å². The van der Waals surface area contributed by atoms with E-state index in [2.05, 4.69) is 0 Å². The summed E-state index contributed by atoms with van der Waals surface area (Å²) < 4.78 is 6.84. The number of hydrogen-bond acceptors (Lipinski definition) is 3. The fourth-order valence-corrected chi connectivity index (χ4v) is 2.74. The van der Waals surface area contributed by atoms with E-state index in [-0.39, 0.29) is 11.3 Å². The first-order valence-electron chi connectivity index (χ1n) is 6.90. The molecule has 0 saturated carbocycles. The number of pyridine rings is 1. The summed E-state index contributed by atoms with van der Waals surface area (Å²) in [6, 6.07) is 1.81. The lowest BCUT2D eigenvalue weighted by molar-refractivity contribution is 0.101. The summed E-state index contributed by atoms with van der Waals surface area (Å²) in [5, 5.41) is 0. The monoisotopic (exact) mass is 263 g/mol. The van der Waals surface area contributed by atoms with E-state index in [0.717, 1.165) is 37.8 Å². The van der Waals surface area contributed by atoms with Crippen LogP contribution in [-0.2, 0) is 24.1 Å². The van der Waals surface area contributed by atoms with E-state index in [9.17, 15) is 9.59 Å². The van der Waals surface area contributed by atoms with Crippen LogP contribution in [0.5, 0.6) is 0 Å². The molecule has 2 rings (SSSR count). The van der Waals surface area contributed by atoms with Crippen molar-refractivity contribution in [2.75, 3.05) is 13.7 Å². The van der Waals surface area contributed by atoms with Gasteiger partial charge in [-0.1, -0.05) is 0 Å². The lowest BCUT2D eigenvalue weighted by Gasteiger charge is -2.22. The van der Waals surface area contributed by atoms with Crippen molar-refractivity contribution in [3.05, 3.63) is 33.2 Å². The number of ether oxygens (including phenoxy) is 1. The lowest BCUT2D eigenvalue weighted by atomic mass is 9.93. The van der Waals surface area contributed by atoms with Gasteiger partial charge in [0, 0.05) is 26.0 Å². The number of carbonyl (C=O) groups excluding carboxylic acids is 1. The van der Waals surface area contributed by atoms with Crippen LogP contribution in [0.15, 0.2) is 10.9 Å². The number of aromatic nitrogens is 1. The maximum atomic E-state index is 12.4. The Morgan fingerprint density at radius 1 is 1.37 bits per heavy atom. The van der Waals surface area contributed by atoms with Crippen molar-refractivity contribution < 1.29 is 9.53 Å². The van der Waals surface area contributed by atoms with E-state index < -0.39 is 0 Å². The highest BCUT2D eigenvalue weighted by Gasteiger charge is 2.19. The summed E-state index contributed by atoms with van der Waals surface area (Å²) in [5.74, 6) is -0.140. The predicted molar refractivity (Wildman–Crippen MR) is 73.8 cm³/mol. The molecule has 4 heteroatoms. The highest BCUT2D eigenvalue weighted by atomic mass is 16.5. The summed E-state index contributed by atoms with van der Waals surface area (Å²) in [4.78, 5) is 24.0. The minimum atomic E-state index is -0.140. The summed E-state index contributed by atoms with van der Waals surface area (Å²) in [7, 11) is 1.66. The third-order valence-corrected chi connectivity index (χ3v) is 3.71. The van der Waals surface area contributed by atoms with E-state index in [1.54, 1.807) is 11.7 Å². The number of rotatable bonds is 5. The number of carbonyl (C=O) groups is 1. The van der Waals surface area contributed by atoms with Crippen LogP contribution in [0, 0.1) is 0 Å². The molecule has 4 nitrogen and oxygen atoms in total. The Hall–Kier alpha value is -1.42. The van der Waals surface area contributed by atoms with Crippen molar-refractivity contribution in [1.29, 1.82) is 0 Å². The molecule has 0 fully saturated rings. The Balaban J connectivity index is 2.44. The van der Waals surface area contributed by atoms with E-state index in [1.165, 1.54) is 12.5 Å². The van der Waals surface area contributed by atoms with Crippen LogP contribution in [0.2, 0.25) is 0 Å². The Morgan fingerprint density at radius 3 is 2.79 bits per heavy atom. The molecular weight excluding hydrogens is 242 g/mol. The molecule has 1 aliphatic rings. The van der Waals surface area contributed by atoms with Crippen LogP contribution in [0.3, 0.4) is 0 Å². The minimum absolute atomic E-state index is 0.135. The van der Waals surface area contributed by atoms with E-state index in [0.29, 0.717) is 18.7 Å². The van der Waals surface area contributed by atoms with Gasteiger partial charge in [0.15, 0.2) is 5.78 Å². The minimum Gasteiger partial charge on any atom is -0.385 e. The molecule has 0 amide bonds. The van der Waals surface area contributed by atoms with Gasteiger partial charge < -0.3 is 9.30 Å².